The van der Waals surface area contributed by atoms with E-state index >= 15 is 0 Å². The van der Waals surface area contributed by atoms with Crippen molar-refractivity contribution in [1.82, 2.24) is 14.8 Å². The van der Waals surface area contributed by atoms with Crippen LogP contribution in [0.2, 0.25) is 0 Å². The number of benzene rings is 1. The minimum absolute atomic E-state index is 0.0466. The summed E-state index contributed by atoms with van der Waals surface area (Å²) in [7, 11) is 0. The summed E-state index contributed by atoms with van der Waals surface area (Å²) in [5.74, 6) is 0.566. The average Bonchev–Trinajstić information content (AvgIpc) is 3.04. The minimum atomic E-state index is -0.286. The number of hydrogen-bond donors (Lipinski definition) is 1. The van der Waals surface area contributed by atoms with Crippen molar-refractivity contribution in [2.24, 2.45) is 0 Å². The van der Waals surface area contributed by atoms with Crippen molar-refractivity contribution >= 4 is 11.7 Å². The number of carbonyl (C=O) groups is 1. The highest BCUT2D eigenvalue weighted by Gasteiger charge is 2.22. The fourth-order valence-corrected chi connectivity index (χ4v) is 2.78. The van der Waals surface area contributed by atoms with Crippen LogP contribution in [0.15, 0.2) is 24.5 Å². The van der Waals surface area contributed by atoms with Crippen LogP contribution < -0.4 is 5.32 Å². The molecule has 4 rings (SSSR count). The van der Waals surface area contributed by atoms with Crippen molar-refractivity contribution in [1.29, 1.82) is 0 Å². The maximum absolute atomic E-state index is 12.3. The summed E-state index contributed by atoms with van der Waals surface area (Å²) in [4.78, 5) is 12.3. The molecule has 0 aliphatic carbocycles. The molecule has 3 heterocycles. The molecule has 0 saturated carbocycles. The molecule has 0 radical (unpaired) electrons. The molecule has 2 aliphatic heterocycles. The van der Waals surface area contributed by atoms with Gasteiger partial charge in [0.05, 0.1) is 36.7 Å². The number of rotatable bonds is 2. The van der Waals surface area contributed by atoms with Gasteiger partial charge in [0.15, 0.2) is 5.82 Å². The standard InChI is InChI=1S/C15H16N4O3/c20-15(22-11-3-5-21-6-4-11)10-1-2-13-12(7-10)16-8-14-18-17-9-19(13)14/h1-2,7,9,11,16H,3-6,8H2. The van der Waals surface area contributed by atoms with E-state index in [1.807, 2.05) is 16.7 Å². The van der Waals surface area contributed by atoms with Gasteiger partial charge in [0.25, 0.3) is 0 Å². The van der Waals surface area contributed by atoms with Crippen LogP contribution in [0.25, 0.3) is 5.69 Å². The highest BCUT2D eigenvalue weighted by atomic mass is 16.6. The molecule has 0 amide bonds. The Hall–Kier alpha value is -2.41. The number of hydrogen-bond acceptors (Lipinski definition) is 6. The van der Waals surface area contributed by atoms with E-state index < -0.39 is 0 Å². The lowest BCUT2D eigenvalue weighted by Gasteiger charge is -2.23. The summed E-state index contributed by atoms with van der Waals surface area (Å²) in [5, 5.41) is 11.2. The molecular formula is C15H16N4O3. The molecule has 7 heteroatoms. The van der Waals surface area contributed by atoms with Crippen molar-refractivity contribution in [2.75, 3.05) is 18.5 Å². The van der Waals surface area contributed by atoms with Gasteiger partial charge in [-0.25, -0.2) is 4.79 Å². The maximum Gasteiger partial charge on any atom is 0.338 e. The molecule has 2 aliphatic rings. The lowest BCUT2D eigenvalue weighted by atomic mass is 10.1. The van der Waals surface area contributed by atoms with Crippen LogP contribution in [0.1, 0.15) is 29.0 Å². The summed E-state index contributed by atoms with van der Waals surface area (Å²) >= 11 is 0. The molecule has 0 spiro atoms. The zero-order valence-electron chi connectivity index (χ0n) is 12.0. The van der Waals surface area contributed by atoms with E-state index in [4.69, 9.17) is 9.47 Å². The number of aromatic nitrogens is 3. The SMILES string of the molecule is O=C(OC1CCOCC1)c1ccc2c(c1)NCc1nncn1-2. The predicted octanol–water partition coefficient (Wildman–Crippen LogP) is 1.53. The molecule has 2 aromatic rings. The lowest BCUT2D eigenvalue weighted by Crippen LogP contribution is -2.26. The first-order valence-electron chi connectivity index (χ1n) is 7.37. The van der Waals surface area contributed by atoms with E-state index in [0.717, 1.165) is 30.0 Å². The van der Waals surface area contributed by atoms with E-state index in [0.29, 0.717) is 25.3 Å². The molecule has 22 heavy (non-hydrogen) atoms. The summed E-state index contributed by atoms with van der Waals surface area (Å²) in [6, 6.07) is 5.48. The van der Waals surface area contributed by atoms with Gasteiger partial charge in [-0.2, -0.15) is 0 Å². The van der Waals surface area contributed by atoms with Gasteiger partial charge in [-0.05, 0) is 18.2 Å². The van der Waals surface area contributed by atoms with Crippen LogP contribution in [0.4, 0.5) is 5.69 Å². The average molecular weight is 300 g/mol. The quantitative estimate of drug-likeness (QED) is 0.847. The largest absolute Gasteiger partial charge is 0.459 e. The molecule has 1 fully saturated rings. The molecule has 0 bridgehead atoms. The van der Waals surface area contributed by atoms with Crippen LogP contribution in [0.3, 0.4) is 0 Å². The Morgan fingerprint density at radius 1 is 1.36 bits per heavy atom. The first-order chi connectivity index (χ1) is 10.8. The number of fused-ring (bicyclic) bond motifs is 3. The molecule has 114 valence electrons. The van der Waals surface area contributed by atoms with Gasteiger partial charge in [-0.15, -0.1) is 10.2 Å². The topological polar surface area (TPSA) is 78.3 Å². The summed E-state index contributed by atoms with van der Waals surface area (Å²) in [6.45, 7) is 1.89. The van der Waals surface area contributed by atoms with E-state index in [1.54, 1.807) is 12.4 Å². The van der Waals surface area contributed by atoms with Gasteiger partial charge in [0.1, 0.15) is 12.4 Å². The maximum atomic E-state index is 12.3. The molecule has 0 unspecified atom stereocenters. The number of ether oxygens (including phenoxy) is 2. The lowest BCUT2D eigenvalue weighted by molar-refractivity contribution is -0.0159. The Labute approximate surface area is 127 Å². The second kappa shape index (κ2) is 5.42. The third-order valence-corrected chi connectivity index (χ3v) is 3.99. The van der Waals surface area contributed by atoms with E-state index in [-0.39, 0.29) is 12.1 Å². The second-order valence-corrected chi connectivity index (χ2v) is 5.42. The number of esters is 1. The Bertz CT molecular complexity index is 707. The molecule has 1 aromatic carbocycles. The molecule has 1 N–H and O–H groups in total. The van der Waals surface area contributed by atoms with Gasteiger partial charge in [0.2, 0.25) is 0 Å². The van der Waals surface area contributed by atoms with Crippen molar-refractivity contribution in [3.8, 4) is 5.69 Å². The Kier molecular flexibility index (Phi) is 3.27. The first kappa shape index (κ1) is 13.3. The summed E-state index contributed by atoms with van der Waals surface area (Å²) < 4.78 is 12.7. The third-order valence-electron chi connectivity index (χ3n) is 3.99. The van der Waals surface area contributed by atoms with E-state index in [1.165, 1.54) is 0 Å². The van der Waals surface area contributed by atoms with Crippen LogP contribution >= 0.6 is 0 Å². The van der Waals surface area contributed by atoms with Gasteiger partial charge < -0.3 is 14.8 Å². The number of nitrogens with zero attached hydrogens (tertiary/aromatic N) is 3. The predicted molar refractivity (Wildman–Crippen MR) is 77.9 cm³/mol. The fourth-order valence-electron chi connectivity index (χ4n) is 2.78. The second-order valence-electron chi connectivity index (χ2n) is 5.42. The third kappa shape index (κ3) is 2.33. The first-order valence-corrected chi connectivity index (χ1v) is 7.37. The van der Waals surface area contributed by atoms with E-state index in [9.17, 15) is 4.79 Å². The normalized spacial score (nSPS) is 17.3. The molecule has 1 saturated heterocycles. The van der Waals surface area contributed by atoms with Gasteiger partial charge in [0, 0.05) is 12.8 Å². The van der Waals surface area contributed by atoms with Crippen molar-refractivity contribution < 1.29 is 14.3 Å². The number of anilines is 1. The Balaban J connectivity index is 1.55. The number of nitrogens with one attached hydrogen (secondary N) is 1. The molecule has 0 atom stereocenters. The molecule has 7 nitrogen and oxygen atoms in total. The summed E-state index contributed by atoms with van der Waals surface area (Å²) in [6.07, 6.45) is 3.15. The minimum Gasteiger partial charge on any atom is -0.459 e. The monoisotopic (exact) mass is 300 g/mol. The number of carbonyl (C=O) groups excluding carboxylic acids is 1. The van der Waals surface area contributed by atoms with Crippen molar-refractivity contribution in [2.45, 2.75) is 25.5 Å². The Morgan fingerprint density at radius 2 is 2.23 bits per heavy atom. The smallest absolute Gasteiger partial charge is 0.338 e. The zero-order valence-corrected chi connectivity index (χ0v) is 12.0. The van der Waals surface area contributed by atoms with Crippen molar-refractivity contribution in [3.05, 3.63) is 35.9 Å². The molecule has 1 aromatic heterocycles. The van der Waals surface area contributed by atoms with Crippen LogP contribution in [-0.4, -0.2) is 40.1 Å². The highest BCUT2D eigenvalue weighted by molar-refractivity contribution is 5.91. The van der Waals surface area contributed by atoms with E-state index in [2.05, 4.69) is 15.5 Å². The van der Waals surface area contributed by atoms with Gasteiger partial charge in [-0.3, -0.25) is 4.57 Å². The summed E-state index contributed by atoms with van der Waals surface area (Å²) in [5.41, 5.74) is 2.37. The highest BCUT2D eigenvalue weighted by Crippen LogP contribution is 2.27. The van der Waals surface area contributed by atoms with Crippen LogP contribution in [0, 0.1) is 0 Å². The van der Waals surface area contributed by atoms with Gasteiger partial charge in [-0.1, -0.05) is 0 Å². The van der Waals surface area contributed by atoms with Crippen molar-refractivity contribution in [3.63, 3.8) is 0 Å². The van der Waals surface area contributed by atoms with Crippen LogP contribution in [-0.2, 0) is 16.0 Å². The fraction of sp³-hybridized carbons (Fsp3) is 0.400. The zero-order chi connectivity index (χ0) is 14.9. The van der Waals surface area contributed by atoms with Crippen LogP contribution in [0.5, 0.6) is 0 Å². The van der Waals surface area contributed by atoms with Gasteiger partial charge >= 0.3 is 5.97 Å². The Morgan fingerprint density at radius 3 is 3.09 bits per heavy atom. The molecular weight excluding hydrogens is 284 g/mol.